The first-order valence-electron chi connectivity index (χ1n) is 9.13. The molecule has 0 aliphatic carbocycles. The number of carbonyl (C=O) groups is 1. The quantitative estimate of drug-likeness (QED) is 0.709. The van der Waals surface area contributed by atoms with Crippen LogP contribution in [0.15, 0.2) is 47.4 Å². The molecule has 0 spiro atoms. The summed E-state index contributed by atoms with van der Waals surface area (Å²) in [7, 11) is -2.16. The van der Waals surface area contributed by atoms with Crippen molar-refractivity contribution in [1.29, 1.82) is 0 Å². The molecule has 2 aromatic rings. The first-order chi connectivity index (χ1) is 13.7. The number of hydrogen-bond donors (Lipinski definition) is 0. The van der Waals surface area contributed by atoms with Crippen LogP contribution in [-0.2, 0) is 21.4 Å². The molecule has 0 saturated carbocycles. The van der Waals surface area contributed by atoms with Gasteiger partial charge in [-0.05, 0) is 49.2 Å². The summed E-state index contributed by atoms with van der Waals surface area (Å²) in [6.45, 7) is 0.410. The summed E-state index contributed by atoms with van der Waals surface area (Å²) in [6, 6.07) is 9.02. The van der Waals surface area contributed by atoms with Crippen molar-refractivity contribution in [3.8, 4) is 0 Å². The van der Waals surface area contributed by atoms with E-state index in [9.17, 15) is 22.0 Å². The van der Waals surface area contributed by atoms with Crippen LogP contribution in [0.3, 0.4) is 0 Å². The molecule has 1 aliphatic rings. The van der Waals surface area contributed by atoms with E-state index in [0.717, 1.165) is 12.1 Å². The number of hydrogen-bond acceptors (Lipinski definition) is 3. The van der Waals surface area contributed by atoms with Crippen molar-refractivity contribution in [3.05, 3.63) is 64.7 Å². The van der Waals surface area contributed by atoms with E-state index in [1.54, 1.807) is 13.1 Å². The first kappa shape index (κ1) is 21.7. The summed E-state index contributed by atoms with van der Waals surface area (Å²) in [5, 5.41) is 0.255. The van der Waals surface area contributed by atoms with E-state index in [4.69, 9.17) is 11.6 Å². The van der Waals surface area contributed by atoms with E-state index < -0.39 is 21.7 Å². The Morgan fingerprint density at radius 1 is 1.14 bits per heavy atom. The number of nitrogens with zero attached hydrogens (tertiary/aromatic N) is 2. The number of benzene rings is 2. The molecular weight excluding hydrogens is 422 g/mol. The van der Waals surface area contributed by atoms with Crippen LogP contribution in [0.25, 0.3) is 0 Å². The molecule has 1 saturated heterocycles. The largest absolute Gasteiger partial charge is 0.341 e. The summed E-state index contributed by atoms with van der Waals surface area (Å²) in [5.41, 5.74) is 0.251. The summed E-state index contributed by atoms with van der Waals surface area (Å²) < 4.78 is 53.7. The second kappa shape index (κ2) is 8.77. The fourth-order valence-corrected chi connectivity index (χ4v) is 5.10. The topological polar surface area (TPSA) is 57.7 Å². The van der Waals surface area contributed by atoms with Gasteiger partial charge in [0.25, 0.3) is 0 Å². The van der Waals surface area contributed by atoms with Crippen LogP contribution in [-0.4, -0.2) is 43.7 Å². The minimum Gasteiger partial charge on any atom is -0.341 e. The Morgan fingerprint density at radius 3 is 2.34 bits per heavy atom. The van der Waals surface area contributed by atoms with Gasteiger partial charge in [0.1, 0.15) is 11.6 Å². The molecule has 2 aromatic carbocycles. The standard InChI is InChI=1S/C20H21ClF2N2O3S/c1-24(13-17-18(21)3-2-4-19(17)23)20(26)14-9-11-25(12-10-14)29(27,28)16-7-5-15(22)6-8-16/h2-8,14H,9-13H2,1H3. The lowest BCUT2D eigenvalue weighted by Crippen LogP contribution is -2.43. The van der Waals surface area contributed by atoms with Crippen molar-refractivity contribution in [2.24, 2.45) is 5.92 Å². The van der Waals surface area contributed by atoms with Gasteiger partial charge in [0, 0.05) is 43.2 Å². The second-order valence-electron chi connectivity index (χ2n) is 7.03. The van der Waals surface area contributed by atoms with Crippen LogP contribution >= 0.6 is 11.6 Å². The Bertz CT molecular complexity index is 971. The van der Waals surface area contributed by atoms with Gasteiger partial charge in [-0.2, -0.15) is 4.31 Å². The fraction of sp³-hybridized carbons (Fsp3) is 0.350. The van der Waals surface area contributed by atoms with Gasteiger partial charge in [0.15, 0.2) is 0 Å². The predicted octanol–water partition coefficient (Wildman–Crippen LogP) is 3.68. The number of sulfonamides is 1. The average molecular weight is 443 g/mol. The van der Waals surface area contributed by atoms with Gasteiger partial charge in [-0.15, -0.1) is 0 Å². The number of amides is 1. The van der Waals surface area contributed by atoms with E-state index >= 15 is 0 Å². The fourth-order valence-electron chi connectivity index (χ4n) is 3.41. The highest BCUT2D eigenvalue weighted by Crippen LogP contribution is 2.26. The minimum absolute atomic E-state index is 0.0231. The molecule has 1 amide bonds. The van der Waals surface area contributed by atoms with Crippen molar-refractivity contribution in [3.63, 3.8) is 0 Å². The number of piperidine rings is 1. The van der Waals surface area contributed by atoms with Crippen LogP contribution in [0, 0.1) is 17.6 Å². The average Bonchev–Trinajstić information content (AvgIpc) is 2.70. The molecule has 29 heavy (non-hydrogen) atoms. The highest BCUT2D eigenvalue weighted by molar-refractivity contribution is 7.89. The molecule has 0 atom stereocenters. The molecule has 5 nitrogen and oxygen atoms in total. The lowest BCUT2D eigenvalue weighted by Gasteiger charge is -2.32. The van der Waals surface area contributed by atoms with Gasteiger partial charge in [-0.1, -0.05) is 17.7 Å². The smallest absolute Gasteiger partial charge is 0.243 e. The maximum absolute atomic E-state index is 14.0. The van der Waals surface area contributed by atoms with E-state index in [1.807, 2.05) is 0 Å². The van der Waals surface area contributed by atoms with Crippen molar-refractivity contribution in [2.45, 2.75) is 24.3 Å². The van der Waals surface area contributed by atoms with Crippen LogP contribution in [0.4, 0.5) is 8.78 Å². The zero-order valence-electron chi connectivity index (χ0n) is 15.8. The molecule has 1 fully saturated rings. The molecule has 3 rings (SSSR count). The molecule has 0 aromatic heterocycles. The van der Waals surface area contributed by atoms with Crippen LogP contribution in [0.5, 0.6) is 0 Å². The van der Waals surface area contributed by atoms with Crippen LogP contribution in [0.2, 0.25) is 5.02 Å². The number of rotatable bonds is 5. The van der Waals surface area contributed by atoms with Crippen molar-refractivity contribution < 1.29 is 22.0 Å². The zero-order chi connectivity index (χ0) is 21.2. The predicted molar refractivity (Wildman–Crippen MR) is 106 cm³/mol. The van der Waals surface area contributed by atoms with E-state index in [2.05, 4.69) is 0 Å². The monoisotopic (exact) mass is 442 g/mol. The molecule has 1 aliphatic heterocycles. The maximum Gasteiger partial charge on any atom is 0.243 e. The number of halogens is 3. The van der Waals surface area contributed by atoms with Gasteiger partial charge in [-0.25, -0.2) is 17.2 Å². The molecular formula is C20H21ClF2N2O3S. The van der Waals surface area contributed by atoms with Gasteiger partial charge < -0.3 is 4.90 Å². The lowest BCUT2D eigenvalue weighted by molar-refractivity contribution is -0.135. The summed E-state index contributed by atoms with van der Waals surface area (Å²) in [6.07, 6.45) is 0.712. The highest BCUT2D eigenvalue weighted by Gasteiger charge is 2.33. The Balaban J connectivity index is 1.62. The molecule has 0 unspecified atom stereocenters. The second-order valence-corrected chi connectivity index (χ2v) is 9.37. The highest BCUT2D eigenvalue weighted by atomic mass is 35.5. The Morgan fingerprint density at radius 2 is 1.76 bits per heavy atom. The van der Waals surface area contributed by atoms with Crippen LogP contribution in [0.1, 0.15) is 18.4 Å². The molecule has 1 heterocycles. The van der Waals surface area contributed by atoms with Gasteiger partial charge in [0.05, 0.1) is 4.90 Å². The summed E-state index contributed by atoms with van der Waals surface area (Å²) in [5.74, 6) is -1.52. The SMILES string of the molecule is CN(Cc1c(F)cccc1Cl)C(=O)C1CCN(S(=O)(=O)c2ccc(F)cc2)CC1. The molecule has 0 N–H and O–H groups in total. The number of carbonyl (C=O) groups excluding carboxylic acids is 1. The van der Waals surface area contributed by atoms with Gasteiger partial charge >= 0.3 is 0 Å². The van der Waals surface area contributed by atoms with E-state index in [1.165, 1.54) is 33.5 Å². The minimum atomic E-state index is -3.73. The molecule has 0 bridgehead atoms. The van der Waals surface area contributed by atoms with Gasteiger partial charge in [-0.3, -0.25) is 4.79 Å². The maximum atomic E-state index is 14.0. The first-order valence-corrected chi connectivity index (χ1v) is 11.0. The van der Waals surface area contributed by atoms with Gasteiger partial charge in [0.2, 0.25) is 15.9 Å². The van der Waals surface area contributed by atoms with Crippen molar-refractivity contribution in [1.82, 2.24) is 9.21 Å². The summed E-state index contributed by atoms with van der Waals surface area (Å²) >= 11 is 6.03. The molecule has 9 heteroatoms. The Hall–Kier alpha value is -2.03. The van der Waals surface area contributed by atoms with Crippen molar-refractivity contribution >= 4 is 27.5 Å². The lowest BCUT2D eigenvalue weighted by atomic mass is 9.96. The third kappa shape index (κ3) is 4.76. The summed E-state index contributed by atoms with van der Waals surface area (Å²) in [4.78, 5) is 14.2. The third-order valence-electron chi connectivity index (χ3n) is 5.09. The Kier molecular flexibility index (Phi) is 6.55. The van der Waals surface area contributed by atoms with Crippen LogP contribution < -0.4 is 0 Å². The van der Waals surface area contributed by atoms with Crippen molar-refractivity contribution in [2.75, 3.05) is 20.1 Å². The normalized spacial score (nSPS) is 16.0. The third-order valence-corrected chi connectivity index (χ3v) is 7.35. The van der Waals surface area contributed by atoms with E-state index in [0.29, 0.717) is 12.8 Å². The molecule has 156 valence electrons. The molecule has 0 radical (unpaired) electrons. The van der Waals surface area contributed by atoms with E-state index in [-0.39, 0.29) is 46.9 Å². The zero-order valence-corrected chi connectivity index (χ0v) is 17.4. The Labute approximate surface area is 173 Å².